The van der Waals surface area contributed by atoms with Gasteiger partial charge in [-0.3, -0.25) is 0 Å². The molecule has 0 aliphatic carbocycles. The van der Waals surface area contributed by atoms with E-state index in [1.807, 2.05) is 0 Å². The Bertz CT molecular complexity index is 320. The lowest BCUT2D eigenvalue weighted by Gasteiger charge is -2.17. The highest BCUT2D eigenvalue weighted by molar-refractivity contribution is 5.28. The van der Waals surface area contributed by atoms with E-state index in [1.54, 1.807) is 31.3 Å². The Balaban J connectivity index is 2.92. The maximum Gasteiger partial charge on any atom is 0.130 e. The number of rotatable bonds is 4. The lowest BCUT2D eigenvalue weighted by molar-refractivity contribution is 0.176. The number of likely N-dealkylation sites (N-methyl/N-ethyl adjacent to an activating group) is 1. The van der Waals surface area contributed by atoms with Gasteiger partial charge in [-0.05, 0) is 38.1 Å². The number of hydrogen-bond acceptors (Lipinski definition) is 2. The van der Waals surface area contributed by atoms with Crippen LogP contribution >= 0.6 is 0 Å². The van der Waals surface area contributed by atoms with Crippen LogP contribution in [0.15, 0.2) is 24.3 Å². The van der Waals surface area contributed by atoms with Crippen molar-refractivity contribution in [3.8, 4) is 0 Å². The largest absolute Gasteiger partial charge is 0.387 e. The predicted octanol–water partition coefficient (Wildman–Crippen LogP) is 2.14. The Kier molecular flexibility index (Phi) is 3.83. The van der Waals surface area contributed by atoms with Crippen molar-refractivity contribution in [2.75, 3.05) is 13.6 Å². The second kappa shape index (κ2) is 4.73. The molecule has 0 bridgehead atoms. The molecule has 1 unspecified atom stereocenters. The molecule has 2 nitrogen and oxygen atoms in total. The van der Waals surface area contributed by atoms with Gasteiger partial charge in [0.15, 0.2) is 0 Å². The van der Waals surface area contributed by atoms with Crippen molar-refractivity contribution >= 4 is 0 Å². The highest BCUT2D eigenvalue weighted by Gasteiger charge is 2.19. The zero-order chi connectivity index (χ0) is 11.5. The quantitative estimate of drug-likeness (QED) is 0.799. The van der Waals surface area contributed by atoms with Gasteiger partial charge in [-0.2, -0.15) is 0 Å². The SMILES string of the molecule is CNCC(O)c1cccc(C(C)(C)F)c1. The fourth-order valence-corrected chi connectivity index (χ4v) is 1.43. The summed E-state index contributed by atoms with van der Waals surface area (Å²) in [4.78, 5) is 0. The predicted molar refractivity (Wildman–Crippen MR) is 59.5 cm³/mol. The first-order chi connectivity index (χ1) is 6.95. The van der Waals surface area contributed by atoms with Gasteiger partial charge in [0.25, 0.3) is 0 Å². The third kappa shape index (κ3) is 3.29. The standard InChI is InChI=1S/C12H18FNO/c1-12(2,13)10-6-4-5-9(7-10)11(15)8-14-3/h4-7,11,14-15H,8H2,1-3H3. The van der Waals surface area contributed by atoms with Gasteiger partial charge in [0.05, 0.1) is 6.10 Å². The fraction of sp³-hybridized carbons (Fsp3) is 0.500. The van der Waals surface area contributed by atoms with Crippen LogP contribution in [0.4, 0.5) is 4.39 Å². The van der Waals surface area contributed by atoms with Crippen LogP contribution in [0.5, 0.6) is 0 Å². The van der Waals surface area contributed by atoms with E-state index in [1.165, 1.54) is 13.8 Å². The lowest BCUT2D eigenvalue weighted by Crippen LogP contribution is -2.17. The van der Waals surface area contributed by atoms with Crippen LogP contribution in [0.25, 0.3) is 0 Å². The first-order valence-electron chi connectivity index (χ1n) is 5.07. The molecule has 3 heteroatoms. The monoisotopic (exact) mass is 211 g/mol. The third-order valence-corrected chi connectivity index (χ3v) is 2.36. The van der Waals surface area contributed by atoms with Gasteiger partial charge in [-0.25, -0.2) is 4.39 Å². The van der Waals surface area contributed by atoms with Crippen LogP contribution in [-0.2, 0) is 5.67 Å². The molecule has 0 saturated heterocycles. The van der Waals surface area contributed by atoms with E-state index in [0.29, 0.717) is 12.1 Å². The second-order valence-electron chi connectivity index (χ2n) is 4.17. The molecule has 0 aliphatic heterocycles. The first-order valence-corrected chi connectivity index (χ1v) is 5.07. The fourth-order valence-electron chi connectivity index (χ4n) is 1.43. The summed E-state index contributed by atoms with van der Waals surface area (Å²) in [5.74, 6) is 0. The van der Waals surface area contributed by atoms with Gasteiger partial charge >= 0.3 is 0 Å². The molecule has 0 aliphatic rings. The summed E-state index contributed by atoms with van der Waals surface area (Å²) in [6.07, 6.45) is -0.586. The summed E-state index contributed by atoms with van der Waals surface area (Å²) in [6.45, 7) is 3.49. The zero-order valence-corrected chi connectivity index (χ0v) is 9.42. The maximum atomic E-state index is 13.7. The Hall–Kier alpha value is -0.930. The summed E-state index contributed by atoms with van der Waals surface area (Å²) >= 11 is 0. The van der Waals surface area contributed by atoms with E-state index in [9.17, 15) is 9.50 Å². The number of nitrogens with one attached hydrogen (secondary N) is 1. The second-order valence-corrected chi connectivity index (χ2v) is 4.17. The van der Waals surface area contributed by atoms with E-state index in [2.05, 4.69) is 5.32 Å². The van der Waals surface area contributed by atoms with Gasteiger partial charge < -0.3 is 10.4 Å². The topological polar surface area (TPSA) is 32.3 Å². The number of aliphatic hydroxyl groups excluding tert-OH is 1. The van der Waals surface area contributed by atoms with Gasteiger partial charge in [-0.15, -0.1) is 0 Å². The molecular weight excluding hydrogens is 193 g/mol. The molecule has 1 atom stereocenters. The van der Waals surface area contributed by atoms with Crippen molar-refractivity contribution in [2.45, 2.75) is 25.6 Å². The molecular formula is C12H18FNO. The van der Waals surface area contributed by atoms with Crippen molar-refractivity contribution < 1.29 is 9.50 Å². The number of aliphatic hydroxyl groups is 1. The minimum absolute atomic E-state index is 0.468. The van der Waals surface area contributed by atoms with E-state index in [-0.39, 0.29) is 0 Å². The maximum absolute atomic E-state index is 13.7. The summed E-state index contributed by atoms with van der Waals surface area (Å²) in [6, 6.07) is 7.01. The third-order valence-electron chi connectivity index (χ3n) is 2.36. The molecule has 1 aromatic carbocycles. The lowest BCUT2D eigenvalue weighted by atomic mass is 9.96. The molecule has 0 radical (unpaired) electrons. The number of hydrogen-bond donors (Lipinski definition) is 2. The highest BCUT2D eigenvalue weighted by atomic mass is 19.1. The van der Waals surface area contributed by atoms with E-state index < -0.39 is 11.8 Å². The average molecular weight is 211 g/mol. The summed E-state index contributed by atoms with van der Waals surface area (Å²) < 4.78 is 13.7. The molecule has 0 fully saturated rings. The Morgan fingerprint density at radius 3 is 2.67 bits per heavy atom. The summed E-state index contributed by atoms with van der Waals surface area (Å²) in [7, 11) is 1.77. The van der Waals surface area contributed by atoms with Gasteiger partial charge in [0.2, 0.25) is 0 Å². The molecule has 2 N–H and O–H groups in total. The van der Waals surface area contributed by atoms with Crippen LogP contribution in [0.3, 0.4) is 0 Å². The van der Waals surface area contributed by atoms with Crippen LogP contribution in [-0.4, -0.2) is 18.7 Å². The first kappa shape index (κ1) is 12.1. The van der Waals surface area contributed by atoms with Crippen LogP contribution < -0.4 is 5.32 Å². The Labute approximate surface area is 90.1 Å². The highest BCUT2D eigenvalue weighted by Crippen LogP contribution is 2.26. The summed E-state index contributed by atoms with van der Waals surface area (Å²) in [5.41, 5.74) is -0.0298. The van der Waals surface area contributed by atoms with E-state index >= 15 is 0 Å². The summed E-state index contributed by atoms with van der Waals surface area (Å²) in [5, 5.41) is 12.6. The van der Waals surface area contributed by atoms with Crippen molar-refractivity contribution in [1.82, 2.24) is 5.32 Å². The molecule has 0 spiro atoms. The zero-order valence-electron chi connectivity index (χ0n) is 9.42. The van der Waals surface area contributed by atoms with Gasteiger partial charge in [-0.1, -0.05) is 18.2 Å². The molecule has 0 amide bonds. The minimum atomic E-state index is -1.37. The van der Waals surface area contributed by atoms with E-state index in [0.717, 1.165) is 5.56 Å². The Morgan fingerprint density at radius 1 is 1.47 bits per heavy atom. The van der Waals surface area contributed by atoms with E-state index in [4.69, 9.17) is 0 Å². The molecule has 0 aromatic heterocycles. The van der Waals surface area contributed by atoms with Crippen molar-refractivity contribution in [3.05, 3.63) is 35.4 Å². The van der Waals surface area contributed by atoms with Crippen LogP contribution in [0.2, 0.25) is 0 Å². The minimum Gasteiger partial charge on any atom is -0.387 e. The molecule has 1 aromatic rings. The molecule has 0 heterocycles. The number of benzene rings is 1. The van der Waals surface area contributed by atoms with Crippen LogP contribution in [0.1, 0.15) is 31.1 Å². The molecule has 84 valence electrons. The molecule has 15 heavy (non-hydrogen) atoms. The Morgan fingerprint density at radius 2 is 2.13 bits per heavy atom. The molecule has 1 rings (SSSR count). The van der Waals surface area contributed by atoms with Gasteiger partial charge in [0.1, 0.15) is 5.67 Å². The van der Waals surface area contributed by atoms with Crippen LogP contribution in [0, 0.1) is 0 Å². The average Bonchev–Trinajstić information content (AvgIpc) is 2.17. The van der Waals surface area contributed by atoms with Crippen molar-refractivity contribution in [1.29, 1.82) is 0 Å². The van der Waals surface area contributed by atoms with Gasteiger partial charge in [0, 0.05) is 6.54 Å². The van der Waals surface area contributed by atoms with Crippen molar-refractivity contribution in [3.63, 3.8) is 0 Å². The van der Waals surface area contributed by atoms with Crippen molar-refractivity contribution in [2.24, 2.45) is 0 Å². The molecule has 0 saturated carbocycles. The number of halogens is 1. The smallest absolute Gasteiger partial charge is 0.130 e. The normalized spacial score (nSPS) is 13.9. The number of alkyl halides is 1.